The average molecular weight is 325 g/mol. The number of amides is 2. The molecular formula is C18H35N3O2. The molecular weight excluding hydrogens is 290 g/mol. The van der Waals surface area contributed by atoms with Crippen molar-refractivity contribution in [3.05, 3.63) is 0 Å². The quantitative estimate of drug-likeness (QED) is 0.671. The fourth-order valence-electron chi connectivity index (χ4n) is 3.21. The van der Waals surface area contributed by atoms with E-state index < -0.39 is 6.04 Å². The first-order valence-corrected chi connectivity index (χ1v) is 8.92. The molecule has 0 aromatic carbocycles. The molecule has 0 saturated heterocycles. The third-order valence-corrected chi connectivity index (χ3v) is 5.09. The average Bonchev–Trinajstić information content (AvgIpc) is 2.87. The number of hydrogen-bond donors (Lipinski definition) is 3. The third-order valence-electron chi connectivity index (χ3n) is 5.09. The number of carbonyl (C=O) groups is 2. The Morgan fingerprint density at radius 2 is 1.83 bits per heavy atom. The van der Waals surface area contributed by atoms with Crippen molar-refractivity contribution in [2.24, 2.45) is 17.3 Å². The fraction of sp³-hybridized carbons (Fsp3) is 0.889. The monoisotopic (exact) mass is 325 g/mol. The summed E-state index contributed by atoms with van der Waals surface area (Å²) in [4.78, 5) is 24.7. The van der Waals surface area contributed by atoms with Gasteiger partial charge >= 0.3 is 0 Å². The molecule has 0 unspecified atom stereocenters. The fourth-order valence-corrected chi connectivity index (χ4v) is 3.21. The smallest absolute Gasteiger partial charge is 0.243 e. The highest BCUT2D eigenvalue weighted by atomic mass is 16.2. The summed E-state index contributed by atoms with van der Waals surface area (Å²) in [6.45, 7) is 10.7. The summed E-state index contributed by atoms with van der Waals surface area (Å²) >= 11 is 0. The van der Waals surface area contributed by atoms with Crippen LogP contribution >= 0.6 is 0 Å². The van der Waals surface area contributed by atoms with E-state index in [4.69, 9.17) is 0 Å². The van der Waals surface area contributed by atoms with Crippen molar-refractivity contribution in [2.45, 2.75) is 72.4 Å². The highest BCUT2D eigenvalue weighted by Crippen LogP contribution is 2.33. The summed E-state index contributed by atoms with van der Waals surface area (Å²) in [5, 5.41) is 8.81. The van der Waals surface area contributed by atoms with Gasteiger partial charge in [0.25, 0.3) is 0 Å². The van der Waals surface area contributed by atoms with E-state index in [0.717, 1.165) is 18.3 Å². The summed E-state index contributed by atoms with van der Waals surface area (Å²) in [5.41, 5.74) is -0.326. The number of hydrogen-bond acceptors (Lipinski definition) is 3. The van der Waals surface area contributed by atoms with Crippen molar-refractivity contribution in [2.75, 3.05) is 13.6 Å². The molecule has 0 aromatic heterocycles. The summed E-state index contributed by atoms with van der Waals surface area (Å²) < 4.78 is 0. The number of carbonyl (C=O) groups excluding carboxylic acids is 2. The van der Waals surface area contributed by atoms with Gasteiger partial charge in [-0.2, -0.15) is 0 Å². The molecule has 0 heterocycles. The first-order chi connectivity index (χ1) is 10.7. The van der Waals surface area contributed by atoms with Gasteiger partial charge < -0.3 is 16.0 Å². The van der Waals surface area contributed by atoms with Gasteiger partial charge in [0, 0.05) is 6.54 Å². The molecule has 4 atom stereocenters. The Bertz CT molecular complexity index is 404. The van der Waals surface area contributed by atoms with E-state index in [1.807, 2.05) is 20.8 Å². The minimum Gasteiger partial charge on any atom is -0.354 e. The minimum absolute atomic E-state index is 0.0835. The first kappa shape index (κ1) is 19.9. The van der Waals surface area contributed by atoms with Crippen molar-refractivity contribution in [1.29, 1.82) is 0 Å². The van der Waals surface area contributed by atoms with Crippen LogP contribution in [0.3, 0.4) is 0 Å². The van der Waals surface area contributed by atoms with Crippen molar-refractivity contribution in [3.8, 4) is 0 Å². The predicted octanol–water partition coefficient (Wildman–Crippen LogP) is 2.07. The highest BCUT2D eigenvalue weighted by molar-refractivity contribution is 5.90. The molecule has 1 rings (SSSR count). The minimum atomic E-state index is -0.521. The zero-order chi connectivity index (χ0) is 17.6. The molecule has 23 heavy (non-hydrogen) atoms. The van der Waals surface area contributed by atoms with Gasteiger partial charge in [-0.25, -0.2) is 0 Å². The zero-order valence-corrected chi connectivity index (χ0v) is 15.7. The van der Waals surface area contributed by atoms with Crippen LogP contribution in [0.4, 0.5) is 0 Å². The molecule has 1 saturated carbocycles. The van der Waals surface area contributed by atoms with Crippen LogP contribution in [0.5, 0.6) is 0 Å². The molecule has 0 bridgehead atoms. The summed E-state index contributed by atoms with van der Waals surface area (Å²) in [6.07, 6.45) is 4.92. The molecule has 0 radical (unpaired) electrons. The summed E-state index contributed by atoms with van der Waals surface area (Å²) in [6, 6.07) is -0.834. The van der Waals surface area contributed by atoms with Gasteiger partial charge in [-0.15, -0.1) is 0 Å². The lowest BCUT2D eigenvalue weighted by molar-refractivity contribution is -0.132. The van der Waals surface area contributed by atoms with Gasteiger partial charge in [-0.05, 0) is 37.6 Å². The lowest BCUT2D eigenvalue weighted by atomic mass is 9.85. The standard InChI is InChI=1S/C18H35N3O2/c1-12-8-7-9-14(12)10-11-20-17(23)15(18(3,4)5)21-16(22)13(2)19-6/h12-15,19H,7-11H2,1-6H3,(H,20,23)(H,21,22)/t12-,13+,14-,15-/m1/s1. The zero-order valence-electron chi connectivity index (χ0n) is 15.7. The second kappa shape index (κ2) is 8.67. The Hall–Kier alpha value is -1.10. The number of rotatable bonds is 7. The first-order valence-electron chi connectivity index (χ1n) is 8.92. The van der Waals surface area contributed by atoms with Crippen LogP contribution in [0, 0.1) is 17.3 Å². The Morgan fingerprint density at radius 1 is 1.17 bits per heavy atom. The van der Waals surface area contributed by atoms with Crippen LogP contribution in [0.25, 0.3) is 0 Å². The lowest BCUT2D eigenvalue weighted by Crippen LogP contribution is -2.56. The maximum Gasteiger partial charge on any atom is 0.243 e. The van der Waals surface area contributed by atoms with Crippen molar-refractivity contribution in [3.63, 3.8) is 0 Å². The Balaban J connectivity index is 2.53. The van der Waals surface area contributed by atoms with Gasteiger partial charge in [-0.3, -0.25) is 9.59 Å². The lowest BCUT2D eigenvalue weighted by Gasteiger charge is -2.31. The maximum absolute atomic E-state index is 12.5. The van der Waals surface area contributed by atoms with E-state index in [1.54, 1.807) is 14.0 Å². The van der Waals surface area contributed by atoms with E-state index in [-0.39, 0.29) is 23.3 Å². The second-order valence-electron chi connectivity index (χ2n) is 8.07. The highest BCUT2D eigenvalue weighted by Gasteiger charge is 2.33. The molecule has 2 amide bonds. The van der Waals surface area contributed by atoms with Crippen molar-refractivity contribution in [1.82, 2.24) is 16.0 Å². The summed E-state index contributed by atoms with van der Waals surface area (Å²) in [5.74, 6) is 1.26. The molecule has 5 heteroatoms. The van der Waals surface area contributed by atoms with Gasteiger partial charge in [0.15, 0.2) is 0 Å². The van der Waals surface area contributed by atoms with Crippen LogP contribution in [0.1, 0.15) is 60.3 Å². The number of likely N-dealkylation sites (N-methyl/N-ethyl adjacent to an activating group) is 1. The maximum atomic E-state index is 12.5. The number of nitrogens with one attached hydrogen (secondary N) is 3. The molecule has 3 N–H and O–H groups in total. The van der Waals surface area contributed by atoms with Crippen LogP contribution < -0.4 is 16.0 Å². The molecule has 0 aromatic rings. The van der Waals surface area contributed by atoms with Gasteiger partial charge in [0.05, 0.1) is 6.04 Å². The molecule has 1 fully saturated rings. The Morgan fingerprint density at radius 3 is 2.30 bits per heavy atom. The normalized spacial score (nSPS) is 24.1. The molecule has 1 aliphatic rings. The largest absolute Gasteiger partial charge is 0.354 e. The Kier molecular flexibility index (Phi) is 7.52. The SMILES string of the molecule is CN[C@@H](C)C(=O)N[C@H](C(=O)NCC[C@H]1CCC[C@H]1C)C(C)(C)C. The molecule has 1 aliphatic carbocycles. The summed E-state index contributed by atoms with van der Waals surface area (Å²) in [7, 11) is 1.74. The van der Waals surface area contributed by atoms with E-state index in [9.17, 15) is 9.59 Å². The van der Waals surface area contributed by atoms with Gasteiger partial charge in [0.1, 0.15) is 6.04 Å². The molecule has 134 valence electrons. The molecule has 0 spiro atoms. The Labute approximate surface area is 141 Å². The van der Waals surface area contributed by atoms with E-state index in [0.29, 0.717) is 6.54 Å². The van der Waals surface area contributed by atoms with E-state index in [1.165, 1.54) is 19.3 Å². The van der Waals surface area contributed by atoms with Gasteiger partial charge in [-0.1, -0.05) is 47.0 Å². The van der Waals surface area contributed by atoms with Crippen LogP contribution in [0.2, 0.25) is 0 Å². The van der Waals surface area contributed by atoms with Crippen LogP contribution in [0.15, 0.2) is 0 Å². The van der Waals surface area contributed by atoms with Crippen molar-refractivity contribution >= 4 is 11.8 Å². The third kappa shape index (κ3) is 6.13. The van der Waals surface area contributed by atoms with Crippen molar-refractivity contribution < 1.29 is 9.59 Å². The predicted molar refractivity (Wildman–Crippen MR) is 94.0 cm³/mol. The topological polar surface area (TPSA) is 70.2 Å². The molecule has 5 nitrogen and oxygen atoms in total. The van der Waals surface area contributed by atoms with E-state index in [2.05, 4.69) is 22.9 Å². The van der Waals surface area contributed by atoms with Gasteiger partial charge in [0.2, 0.25) is 11.8 Å². The van der Waals surface area contributed by atoms with Crippen LogP contribution in [-0.4, -0.2) is 37.5 Å². The van der Waals surface area contributed by atoms with E-state index >= 15 is 0 Å². The van der Waals surface area contributed by atoms with Crippen LogP contribution in [-0.2, 0) is 9.59 Å². The molecule has 0 aliphatic heterocycles. The second-order valence-corrected chi connectivity index (χ2v) is 8.07.